The topological polar surface area (TPSA) is 79.3 Å². The normalized spacial score (nSPS) is 10.1. The monoisotopic (exact) mass is 338 g/mol. The zero-order valence-corrected chi connectivity index (χ0v) is 11.5. The number of carboxylic acid groups (broad SMARTS) is 1. The minimum Gasteiger partial charge on any atom is -0.477 e. The van der Waals surface area contributed by atoms with Crippen molar-refractivity contribution in [3.8, 4) is 0 Å². The van der Waals surface area contributed by atoms with Crippen LogP contribution in [0, 0.1) is 5.82 Å². The van der Waals surface area contributed by atoms with Gasteiger partial charge >= 0.3 is 5.97 Å². The van der Waals surface area contributed by atoms with Crippen molar-refractivity contribution in [2.75, 3.05) is 5.32 Å². The summed E-state index contributed by atoms with van der Waals surface area (Å²) in [6, 6.07) is 8.15. The van der Waals surface area contributed by atoms with Crippen molar-refractivity contribution < 1.29 is 19.1 Å². The fraction of sp³-hybridized carbons (Fsp3) is 0. The number of rotatable bonds is 3. The Morgan fingerprint density at radius 3 is 2.65 bits per heavy atom. The van der Waals surface area contributed by atoms with E-state index in [1.54, 1.807) is 0 Å². The fourth-order valence-electron chi connectivity index (χ4n) is 1.48. The molecule has 102 valence electrons. The van der Waals surface area contributed by atoms with Crippen molar-refractivity contribution in [1.82, 2.24) is 4.98 Å². The Kier molecular flexibility index (Phi) is 4.09. The number of carbonyl (C=O) groups excluding carboxylic acids is 1. The average molecular weight is 339 g/mol. The second kappa shape index (κ2) is 5.79. The average Bonchev–Trinajstić information content (AvgIpc) is 2.38. The number of hydrogen-bond donors (Lipinski definition) is 2. The molecule has 1 aromatic carbocycles. The van der Waals surface area contributed by atoms with E-state index in [-0.39, 0.29) is 17.1 Å². The molecular formula is C13H8BrFN2O3. The molecule has 5 nitrogen and oxygen atoms in total. The number of hydrogen-bond acceptors (Lipinski definition) is 3. The molecule has 0 atom stereocenters. The van der Waals surface area contributed by atoms with Crippen molar-refractivity contribution in [3.05, 3.63) is 57.9 Å². The predicted molar refractivity (Wildman–Crippen MR) is 73.2 cm³/mol. The number of nitrogens with one attached hydrogen (secondary N) is 1. The summed E-state index contributed by atoms with van der Waals surface area (Å²) in [5.41, 5.74) is -0.366. The third-order valence-electron chi connectivity index (χ3n) is 2.39. The lowest BCUT2D eigenvalue weighted by Crippen LogP contribution is -2.15. The summed E-state index contributed by atoms with van der Waals surface area (Å²) in [5.74, 6) is -2.57. The highest BCUT2D eigenvalue weighted by atomic mass is 79.9. The van der Waals surface area contributed by atoms with Crippen molar-refractivity contribution >= 4 is 33.6 Å². The number of pyridine rings is 1. The van der Waals surface area contributed by atoms with Crippen LogP contribution in [0.4, 0.5) is 10.2 Å². The van der Waals surface area contributed by atoms with Gasteiger partial charge in [-0.1, -0.05) is 22.0 Å². The number of carbonyl (C=O) groups is 2. The molecule has 7 heteroatoms. The van der Waals surface area contributed by atoms with Gasteiger partial charge in [0.15, 0.2) is 5.69 Å². The Morgan fingerprint density at radius 1 is 1.25 bits per heavy atom. The van der Waals surface area contributed by atoms with E-state index in [4.69, 9.17) is 5.11 Å². The zero-order valence-electron chi connectivity index (χ0n) is 9.93. The van der Waals surface area contributed by atoms with Gasteiger partial charge in [-0.05, 0) is 30.3 Å². The van der Waals surface area contributed by atoms with Gasteiger partial charge in [0, 0.05) is 4.47 Å². The highest BCUT2D eigenvalue weighted by molar-refractivity contribution is 9.10. The number of amides is 1. The van der Waals surface area contributed by atoms with Crippen LogP contribution in [0.25, 0.3) is 0 Å². The van der Waals surface area contributed by atoms with E-state index in [9.17, 15) is 14.0 Å². The highest BCUT2D eigenvalue weighted by Gasteiger charge is 2.13. The third-order valence-corrected chi connectivity index (χ3v) is 2.88. The van der Waals surface area contributed by atoms with Gasteiger partial charge in [-0.15, -0.1) is 0 Å². The van der Waals surface area contributed by atoms with Crippen LogP contribution in [0.15, 0.2) is 40.9 Å². The molecule has 2 rings (SSSR count). The lowest BCUT2D eigenvalue weighted by Gasteiger charge is -2.06. The van der Waals surface area contributed by atoms with Crippen LogP contribution in [0.1, 0.15) is 20.8 Å². The van der Waals surface area contributed by atoms with Crippen LogP contribution >= 0.6 is 15.9 Å². The summed E-state index contributed by atoms with van der Waals surface area (Å²) in [7, 11) is 0. The summed E-state index contributed by atoms with van der Waals surface area (Å²) < 4.78 is 14.1. The molecule has 0 aliphatic heterocycles. The standard InChI is InChI=1S/C13H8BrFN2O3/c14-7-4-5-8(9(15)6-7)12(18)17-11-3-1-2-10(16-11)13(19)20/h1-6H,(H,19,20)(H,16,17,18). The summed E-state index contributed by atoms with van der Waals surface area (Å²) in [6.07, 6.45) is 0. The molecule has 2 N–H and O–H groups in total. The first-order chi connectivity index (χ1) is 9.47. The largest absolute Gasteiger partial charge is 0.477 e. The van der Waals surface area contributed by atoms with Crippen molar-refractivity contribution in [1.29, 1.82) is 0 Å². The quantitative estimate of drug-likeness (QED) is 0.901. The lowest BCUT2D eigenvalue weighted by atomic mass is 10.2. The number of anilines is 1. The first kappa shape index (κ1) is 14.1. The second-order valence-corrected chi connectivity index (χ2v) is 4.71. The van der Waals surface area contributed by atoms with Gasteiger partial charge in [0.2, 0.25) is 0 Å². The first-order valence-electron chi connectivity index (χ1n) is 5.44. The molecule has 1 heterocycles. The Labute approximate surface area is 121 Å². The number of halogens is 2. The van der Waals surface area contributed by atoms with E-state index in [2.05, 4.69) is 26.2 Å². The molecule has 1 amide bonds. The van der Waals surface area contributed by atoms with E-state index in [1.165, 1.54) is 30.3 Å². The minimum atomic E-state index is -1.21. The molecular weight excluding hydrogens is 331 g/mol. The Balaban J connectivity index is 2.23. The molecule has 0 spiro atoms. The Morgan fingerprint density at radius 2 is 2.00 bits per heavy atom. The van der Waals surface area contributed by atoms with Gasteiger partial charge < -0.3 is 10.4 Å². The molecule has 0 fully saturated rings. The van der Waals surface area contributed by atoms with E-state index < -0.39 is 17.7 Å². The van der Waals surface area contributed by atoms with Gasteiger partial charge in [-0.3, -0.25) is 4.79 Å². The fourth-order valence-corrected chi connectivity index (χ4v) is 1.81. The van der Waals surface area contributed by atoms with Crippen molar-refractivity contribution in [3.63, 3.8) is 0 Å². The highest BCUT2D eigenvalue weighted by Crippen LogP contribution is 2.16. The molecule has 20 heavy (non-hydrogen) atoms. The summed E-state index contributed by atoms with van der Waals surface area (Å²) in [5, 5.41) is 11.1. The number of nitrogens with zero attached hydrogens (tertiary/aromatic N) is 1. The van der Waals surface area contributed by atoms with Crippen LogP contribution in [-0.4, -0.2) is 22.0 Å². The molecule has 0 unspecified atom stereocenters. The number of carboxylic acids is 1. The van der Waals surface area contributed by atoms with Crippen LogP contribution in [0.5, 0.6) is 0 Å². The molecule has 0 aliphatic rings. The van der Waals surface area contributed by atoms with Gasteiger partial charge in [0.25, 0.3) is 5.91 Å². The van der Waals surface area contributed by atoms with Crippen LogP contribution < -0.4 is 5.32 Å². The Hall–Kier alpha value is -2.28. The SMILES string of the molecule is O=C(O)c1cccc(NC(=O)c2ccc(Br)cc2F)n1. The van der Waals surface area contributed by atoms with Crippen LogP contribution in [-0.2, 0) is 0 Å². The van der Waals surface area contributed by atoms with Crippen molar-refractivity contribution in [2.24, 2.45) is 0 Å². The van der Waals surface area contributed by atoms with Gasteiger partial charge in [-0.2, -0.15) is 0 Å². The zero-order chi connectivity index (χ0) is 14.7. The van der Waals surface area contributed by atoms with Gasteiger partial charge in [0.1, 0.15) is 11.6 Å². The van der Waals surface area contributed by atoms with Crippen molar-refractivity contribution in [2.45, 2.75) is 0 Å². The Bertz CT molecular complexity index is 691. The maximum Gasteiger partial charge on any atom is 0.354 e. The smallest absolute Gasteiger partial charge is 0.354 e. The van der Waals surface area contributed by atoms with Gasteiger partial charge in [0.05, 0.1) is 5.56 Å². The molecule has 0 aliphatic carbocycles. The summed E-state index contributed by atoms with van der Waals surface area (Å²) >= 11 is 3.09. The number of aromatic nitrogens is 1. The maximum absolute atomic E-state index is 13.6. The van der Waals surface area contributed by atoms with Crippen LogP contribution in [0.3, 0.4) is 0 Å². The van der Waals surface area contributed by atoms with Crippen LogP contribution in [0.2, 0.25) is 0 Å². The molecule has 1 aromatic heterocycles. The van der Waals surface area contributed by atoms with E-state index in [0.29, 0.717) is 4.47 Å². The summed E-state index contributed by atoms with van der Waals surface area (Å²) in [4.78, 5) is 26.4. The van der Waals surface area contributed by atoms with E-state index >= 15 is 0 Å². The molecule has 0 saturated heterocycles. The molecule has 0 radical (unpaired) electrons. The predicted octanol–water partition coefficient (Wildman–Crippen LogP) is 2.93. The molecule has 0 bridgehead atoms. The molecule has 2 aromatic rings. The first-order valence-corrected chi connectivity index (χ1v) is 6.23. The van der Waals surface area contributed by atoms with E-state index in [0.717, 1.165) is 6.07 Å². The maximum atomic E-state index is 13.6. The lowest BCUT2D eigenvalue weighted by molar-refractivity contribution is 0.0690. The minimum absolute atomic E-state index is 0.0391. The van der Waals surface area contributed by atoms with E-state index in [1.807, 2.05) is 0 Å². The van der Waals surface area contributed by atoms with Gasteiger partial charge in [-0.25, -0.2) is 14.2 Å². The number of aromatic carboxylic acids is 1. The summed E-state index contributed by atoms with van der Waals surface area (Å²) in [6.45, 7) is 0. The molecule has 0 saturated carbocycles. The number of benzene rings is 1. The second-order valence-electron chi connectivity index (χ2n) is 3.79. The third kappa shape index (κ3) is 3.18.